The van der Waals surface area contributed by atoms with Crippen LogP contribution in [0.5, 0.6) is 17.2 Å². The second-order valence-corrected chi connectivity index (χ2v) is 7.75. The second kappa shape index (κ2) is 9.32. The number of carbonyl (C=O) groups excluding carboxylic acids is 1. The van der Waals surface area contributed by atoms with Crippen LogP contribution < -0.4 is 24.2 Å². The van der Waals surface area contributed by atoms with Crippen LogP contribution in [0.4, 0.5) is 5.69 Å². The number of hydrogen-bond acceptors (Lipinski definition) is 6. The van der Waals surface area contributed by atoms with Gasteiger partial charge >= 0.3 is 0 Å². The summed E-state index contributed by atoms with van der Waals surface area (Å²) < 4.78 is 43.4. The maximum atomic E-state index is 12.4. The van der Waals surface area contributed by atoms with E-state index in [1.54, 1.807) is 30.3 Å². The molecule has 1 amide bonds. The van der Waals surface area contributed by atoms with E-state index in [2.05, 4.69) is 21.9 Å². The fourth-order valence-corrected chi connectivity index (χ4v) is 3.44. The quantitative estimate of drug-likeness (QED) is 0.696. The van der Waals surface area contributed by atoms with Crippen molar-refractivity contribution in [3.05, 3.63) is 42.5 Å². The average molecular weight is 416 g/mol. The molecule has 8 nitrogen and oxygen atoms in total. The van der Waals surface area contributed by atoms with Crippen LogP contribution in [0.15, 0.2) is 47.4 Å². The number of rotatable bonds is 6. The number of anilines is 1. The molecule has 0 spiro atoms. The Kier molecular flexibility index (Phi) is 6.59. The fraction of sp³-hybridized carbons (Fsp3) is 0.250. The molecule has 2 aromatic carbocycles. The molecule has 29 heavy (non-hydrogen) atoms. The van der Waals surface area contributed by atoms with E-state index in [-0.39, 0.29) is 24.0 Å². The van der Waals surface area contributed by atoms with Crippen LogP contribution in [0.25, 0.3) is 0 Å². The summed E-state index contributed by atoms with van der Waals surface area (Å²) in [7, 11) is -3.72. The maximum absolute atomic E-state index is 12.4. The van der Waals surface area contributed by atoms with Gasteiger partial charge in [0.05, 0.1) is 11.4 Å². The Bertz CT molecular complexity index is 1060. The van der Waals surface area contributed by atoms with Crippen molar-refractivity contribution in [3.63, 3.8) is 0 Å². The Balaban J connectivity index is 1.50. The molecule has 3 rings (SSSR count). The molecule has 1 heterocycles. The molecule has 0 unspecified atom stereocenters. The van der Waals surface area contributed by atoms with Crippen LogP contribution >= 0.6 is 0 Å². The lowest BCUT2D eigenvalue weighted by atomic mass is 10.3. The number of benzene rings is 2. The van der Waals surface area contributed by atoms with Crippen molar-refractivity contribution in [2.24, 2.45) is 0 Å². The molecule has 0 saturated heterocycles. The van der Waals surface area contributed by atoms with Gasteiger partial charge in [-0.3, -0.25) is 4.79 Å². The molecule has 0 saturated carbocycles. The number of sulfonamides is 1. The molecule has 0 atom stereocenters. The molecule has 152 valence electrons. The molecule has 9 heteroatoms. The number of nitrogens with one attached hydrogen (secondary N) is 2. The average Bonchev–Trinajstić information content (AvgIpc) is 2.70. The summed E-state index contributed by atoms with van der Waals surface area (Å²) in [6.07, 6.45) is 0. The zero-order valence-electron chi connectivity index (χ0n) is 15.7. The summed E-state index contributed by atoms with van der Waals surface area (Å²) in [6, 6.07) is 11.3. The van der Waals surface area contributed by atoms with E-state index in [9.17, 15) is 13.2 Å². The molecule has 2 aromatic rings. The van der Waals surface area contributed by atoms with E-state index < -0.39 is 10.0 Å². The Labute approximate surface area is 169 Å². The van der Waals surface area contributed by atoms with E-state index in [1.807, 2.05) is 0 Å². The molecular weight excluding hydrogens is 396 g/mol. The van der Waals surface area contributed by atoms with Gasteiger partial charge < -0.3 is 19.5 Å². The standard InChI is InChI=1S/C20H20N2O6S/c1-15(23)22-16-5-4-6-17(13-16)26-10-3-2-9-21-29(24,25)18-7-8-19-20(14-18)28-12-11-27-19/h4-8,13-14,21H,9-12H2,1H3,(H,22,23). The highest BCUT2D eigenvalue weighted by molar-refractivity contribution is 7.89. The maximum Gasteiger partial charge on any atom is 0.241 e. The van der Waals surface area contributed by atoms with E-state index in [0.717, 1.165) is 0 Å². The normalized spacial score (nSPS) is 12.4. The Hall–Kier alpha value is -3.22. The lowest BCUT2D eigenvalue weighted by Gasteiger charge is -2.18. The van der Waals surface area contributed by atoms with Crippen molar-refractivity contribution >= 4 is 21.6 Å². The minimum atomic E-state index is -3.72. The van der Waals surface area contributed by atoms with Gasteiger partial charge in [0.1, 0.15) is 25.6 Å². The zero-order valence-corrected chi connectivity index (χ0v) is 16.5. The smallest absolute Gasteiger partial charge is 0.241 e. The minimum absolute atomic E-state index is 0.0634. The van der Waals surface area contributed by atoms with Gasteiger partial charge in [-0.1, -0.05) is 17.9 Å². The summed E-state index contributed by atoms with van der Waals surface area (Å²) in [5, 5.41) is 2.66. The first-order chi connectivity index (χ1) is 13.9. The summed E-state index contributed by atoms with van der Waals surface area (Å²) in [6.45, 7) is 2.25. The number of carbonyl (C=O) groups is 1. The SMILES string of the molecule is CC(=O)Nc1cccc(OCC#CCNS(=O)(=O)c2ccc3c(c2)OCCO3)c1. The van der Waals surface area contributed by atoms with Crippen molar-refractivity contribution in [2.45, 2.75) is 11.8 Å². The topological polar surface area (TPSA) is 103 Å². The van der Waals surface area contributed by atoms with E-state index in [0.29, 0.717) is 36.1 Å². The lowest BCUT2D eigenvalue weighted by molar-refractivity contribution is -0.114. The minimum Gasteiger partial charge on any atom is -0.486 e. The molecule has 1 aliphatic rings. The van der Waals surface area contributed by atoms with Crippen molar-refractivity contribution in [1.82, 2.24) is 4.72 Å². The van der Waals surface area contributed by atoms with Gasteiger partial charge in [0.2, 0.25) is 15.9 Å². The Morgan fingerprint density at radius 3 is 2.69 bits per heavy atom. The molecule has 0 aromatic heterocycles. The van der Waals surface area contributed by atoms with Crippen molar-refractivity contribution in [3.8, 4) is 29.1 Å². The third-order valence-electron chi connectivity index (χ3n) is 3.76. The molecule has 0 bridgehead atoms. The van der Waals surface area contributed by atoms with E-state index >= 15 is 0 Å². The van der Waals surface area contributed by atoms with Crippen LogP contribution in [-0.4, -0.2) is 40.7 Å². The predicted molar refractivity (Wildman–Crippen MR) is 107 cm³/mol. The Morgan fingerprint density at radius 2 is 1.90 bits per heavy atom. The molecule has 0 aliphatic carbocycles. The van der Waals surface area contributed by atoms with E-state index in [4.69, 9.17) is 14.2 Å². The van der Waals surface area contributed by atoms with Crippen LogP contribution in [0.2, 0.25) is 0 Å². The summed E-state index contributed by atoms with van der Waals surface area (Å²) in [5.41, 5.74) is 0.621. The van der Waals surface area contributed by atoms with Crippen LogP contribution in [0, 0.1) is 11.8 Å². The molecule has 2 N–H and O–H groups in total. The first-order valence-corrected chi connectivity index (χ1v) is 10.3. The van der Waals surface area contributed by atoms with Crippen LogP contribution in [0.1, 0.15) is 6.92 Å². The highest BCUT2D eigenvalue weighted by Crippen LogP contribution is 2.32. The predicted octanol–water partition coefficient (Wildman–Crippen LogP) is 1.78. The molecular formula is C20H20N2O6S. The highest BCUT2D eigenvalue weighted by atomic mass is 32.2. The van der Waals surface area contributed by atoms with E-state index in [1.165, 1.54) is 19.1 Å². The first kappa shape index (κ1) is 20.5. The van der Waals surface area contributed by atoms with Gasteiger partial charge in [-0.05, 0) is 24.3 Å². The summed E-state index contributed by atoms with van der Waals surface area (Å²) in [5.74, 6) is 6.73. The highest BCUT2D eigenvalue weighted by Gasteiger charge is 2.18. The van der Waals surface area contributed by atoms with Crippen molar-refractivity contribution in [1.29, 1.82) is 0 Å². The molecule has 0 fully saturated rings. The molecule has 0 radical (unpaired) electrons. The van der Waals surface area contributed by atoms with Gasteiger partial charge in [0.15, 0.2) is 11.5 Å². The van der Waals surface area contributed by atoms with Crippen molar-refractivity contribution in [2.75, 3.05) is 31.7 Å². The number of amides is 1. The van der Waals surface area contributed by atoms with Gasteiger partial charge in [-0.25, -0.2) is 8.42 Å². The second-order valence-electron chi connectivity index (χ2n) is 5.98. The fourth-order valence-electron chi connectivity index (χ4n) is 2.51. The Morgan fingerprint density at radius 1 is 1.10 bits per heavy atom. The van der Waals surface area contributed by atoms with Gasteiger partial charge in [-0.2, -0.15) is 4.72 Å². The first-order valence-electron chi connectivity index (χ1n) is 8.79. The van der Waals surface area contributed by atoms with Crippen LogP contribution in [0.3, 0.4) is 0 Å². The number of fused-ring (bicyclic) bond motifs is 1. The largest absolute Gasteiger partial charge is 0.486 e. The third-order valence-corrected chi connectivity index (χ3v) is 5.16. The third kappa shape index (κ3) is 5.88. The molecule has 1 aliphatic heterocycles. The lowest BCUT2D eigenvalue weighted by Crippen LogP contribution is -2.24. The monoisotopic (exact) mass is 416 g/mol. The van der Waals surface area contributed by atoms with Gasteiger partial charge in [0, 0.05) is 24.7 Å². The summed E-state index contributed by atoms with van der Waals surface area (Å²) in [4.78, 5) is 11.1. The zero-order chi connectivity index (χ0) is 20.7. The van der Waals surface area contributed by atoms with Gasteiger partial charge in [-0.15, -0.1) is 0 Å². The van der Waals surface area contributed by atoms with Crippen molar-refractivity contribution < 1.29 is 27.4 Å². The number of hydrogen-bond donors (Lipinski definition) is 2. The summed E-state index contributed by atoms with van der Waals surface area (Å²) >= 11 is 0. The van der Waals surface area contributed by atoms with Gasteiger partial charge in [0.25, 0.3) is 0 Å². The van der Waals surface area contributed by atoms with Crippen LogP contribution in [-0.2, 0) is 14.8 Å². The number of ether oxygens (including phenoxy) is 3.